The Labute approximate surface area is 67.2 Å². The van der Waals surface area contributed by atoms with Gasteiger partial charge >= 0.3 is 0 Å². The molecular weight excluding hydrogens is 217 g/mol. The van der Waals surface area contributed by atoms with E-state index in [9.17, 15) is 0 Å². The Balaban J connectivity index is 0.000000490. The number of hydrogen-bond donors (Lipinski definition) is 0. The molecule has 0 saturated carbocycles. The van der Waals surface area contributed by atoms with Crippen LogP contribution < -0.4 is 0 Å². The maximum absolute atomic E-state index is 5.10. The summed E-state index contributed by atoms with van der Waals surface area (Å²) in [5, 5.41) is 0. The van der Waals surface area contributed by atoms with E-state index in [-0.39, 0.29) is 24.0 Å². The average molecular weight is 229 g/mol. The van der Waals surface area contributed by atoms with Crippen LogP contribution >= 0.6 is 24.0 Å². The molecule has 1 aliphatic rings. The summed E-state index contributed by atoms with van der Waals surface area (Å²) in [6.45, 7) is 4.02. The standard InChI is InChI=1S/C5H11NO.HI/c1-6-2-4-7-5-3-6;/h2-5H2,1H3;1H. The molecule has 1 aliphatic heterocycles. The Morgan fingerprint density at radius 2 is 1.75 bits per heavy atom. The molecule has 0 aliphatic carbocycles. The van der Waals surface area contributed by atoms with Gasteiger partial charge in [-0.2, -0.15) is 0 Å². The Kier molecular flexibility index (Phi) is 4.89. The zero-order valence-corrected chi connectivity index (χ0v) is 7.42. The normalized spacial score (nSPS) is 22.1. The predicted molar refractivity (Wildman–Crippen MR) is 43.7 cm³/mol. The van der Waals surface area contributed by atoms with Crippen molar-refractivity contribution in [1.82, 2.24) is 4.90 Å². The first kappa shape index (κ1) is 8.65. The van der Waals surface area contributed by atoms with E-state index >= 15 is 0 Å². The molecule has 0 aromatic heterocycles. The van der Waals surface area contributed by atoms with Crippen LogP contribution in [0, 0.1) is 0 Å². The molecule has 1 fully saturated rings. The van der Waals surface area contributed by atoms with Gasteiger partial charge in [0.1, 0.15) is 0 Å². The summed E-state index contributed by atoms with van der Waals surface area (Å²) < 4.78 is 5.10. The smallest absolute Gasteiger partial charge is 0.0594 e. The molecule has 0 bridgehead atoms. The monoisotopic (exact) mass is 229 g/mol. The number of halogens is 1. The van der Waals surface area contributed by atoms with Crippen LogP contribution in [0.1, 0.15) is 0 Å². The molecule has 0 unspecified atom stereocenters. The molecule has 0 N–H and O–H groups in total. The maximum Gasteiger partial charge on any atom is 0.0594 e. The second kappa shape index (κ2) is 4.52. The van der Waals surface area contributed by atoms with E-state index in [0.29, 0.717) is 0 Å². The van der Waals surface area contributed by atoms with E-state index in [1.54, 1.807) is 0 Å². The van der Waals surface area contributed by atoms with E-state index in [4.69, 9.17) is 4.74 Å². The Morgan fingerprint density at radius 3 is 2.00 bits per heavy atom. The zero-order valence-electron chi connectivity index (χ0n) is 5.09. The number of likely N-dealkylation sites (N-methyl/N-ethyl adjacent to an activating group) is 1. The first-order valence-electron chi connectivity index (χ1n) is 2.66. The Hall–Kier alpha value is 0.650. The van der Waals surface area contributed by atoms with E-state index < -0.39 is 0 Å². The second-order valence-electron chi connectivity index (χ2n) is 1.92. The molecule has 0 spiro atoms. The fourth-order valence-electron chi connectivity index (χ4n) is 0.655. The number of rotatable bonds is 0. The average Bonchev–Trinajstić information content (AvgIpc) is 1.69. The van der Waals surface area contributed by atoms with E-state index in [2.05, 4.69) is 11.9 Å². The highest BCUT2D eigenvalue weighted by Gasteiger charge is 2.02. The van der Waals surface area contributed by atoms with Gasteiger partial charge in [0.2, 0.25) is 0 Å². The molecule has 50 valence electrons. The van der Waals surface area contributed by atoms with Crippen LogP contribution in [-0.2, 0) is 4.74 Å². The van der Waals surface area contributed by atoms with Crippen LogP contribution in [-0.4, -0.2) is 38.3 Å². The number of nitrogens with zero attached hydrogens (tertiary/aromatic N) is 1. The molecule has 1 heterocycles. The van der Waals surface area contributed by atoms with Crippen LogP contribution in [0.3, 0.4) is 0 Å². The van der Waals surface area contributed by atoms with Gasteiger partial charge in [-0.15, -0.1) is 24.0 Å². The largest absolute Gasteiger partial charge is 0.379 e. The molecule has 1 rings (SSSR count). The molecule has 0 radical (unpaired) electrons. The SMILES string of the molecule is CN1CCOCC1.I. The second-order valence-corrected chi connectivity index (χ2v) is 1.92. The minimum absolute atomic E-state index is 0. The van der Waals surface area contributed by atoms with Crippen LogP contribution in [0.5, 0.6) is 0 Å². The van der Waals surface area contributed by atoms with Gasteiger partial charge in [-0.05, 0) is 7.05 Å². The van der Waals surface area contributed by atoms with Crippen molar-refractivity contribution < 1.29 is 4.74 Å². The summed E-state index contributed by atoms with van der Waals surface area (Å²) in [6.07, 6.45) is 0. The Morgan fingerprint density at radius 1 is 1.25 bits per heavy atom. The van der Waals surface area contributed by atoms with Crippen molar-refractivity contribution in [2.75, 3.05) is 33.4 Å². The molecule has 3 heteroatoms. The molecule has 0 atom stereocenters. The quantitative estimate of drug-likeness (QED) is 0.563. The lowest BCUT2D eigenvalue weighted by Crippen LogP contribution is -2.32. The van der Waals surface area contributed by atoms with Crippen LogP contribution in [0.25, 0.3) is 0 Å². The topological polar surface area (TPSA) is 12.5 Å². The zero-order chi connectivity index (χ0) is 5.11. The van der Waals surface area contributed by atoms with Gasteiger partial charge < -0.3 is 9.64 Å². The molecule has 0 aromatic carbocycles. The van der Waals surface area contributed by atoms with Gasteiger partial charge in [0.25, 0.3) is 0 Å². The summed E-state index contributed by atoms with van der Waals surface area (Å²) in [6, 6.07) is 0. The minimum Gasteiger partial charge on any atom is -0.379 e. The first-order valence-corrected chi connectivity index (χ1v) is 2.66. The van der Waals surface area contributed by atoms with Gasteiger partial charge in [0.15, 0.2) is 0 Å². The van der Waals surface area contributed by atoms with Crippen molar-refractivity contribution >= 4 is 24.0 Å². The van der Waals surface area contributed by atoms with Crippen molar-refractivity contribution in [3.05, 3.63) is 0 Å². The van der Waals surface area contributed by atoms with Gasteiger partial charge in [-0.3, -0.25) is 0 Å². The highest BCUT2D eigenvalue weighted by atomic mass is 127. The summed E-state index contributed by atoms with van der Waals surface area (Å²) in [5.41, 5.74) is 0. The van der Waals surface area contributed by atoms with Crippen molar-refractivity contribution in [2.24, 2.45) is 0 Å². The number of hydrogen-bond acceptors (Lipinski definition) is 2. The lowest BCUT2D eigenvalue weighted by Gasteiger charge is -2.21. The Bertz CT molecular complexity index is 54.4. The third-order valence-electron chi connectivity index (χ3n) is 1.23. The van der Waals surface area contributed by atoms with Crippen molar-refractivity contribution in [3.8, 4) is 0 Å². The fraction of sp³-hybridized carbons (Fsp3) is 1.00. The molecule has 2 nitrogen and oxygen atoms in total. The lowest BCUT2D eigenvalue weighted by molar-refractivity contribution is 0.0503. The van der Waals surface area contributed by atoms with E-state index in [0.717, 1.165) is 26.3 Å². The molecular formula is C5H12INO. The van der Waals surface area contributed by atoms with Gasteiger partial charge in [0.05, 0.1) is 13.2 Å². The molecule has 0 amide bonds. The van der Waals surface area contributed by atoms with E-state index in [1.165, 1.54) is 0 Å². The minimum atomic E-state index is 0. The molecule has 1 saturated heterocycles. The third-order valence-corrected chi connectivity index (χ3v) is 1.23. The summed E-state index contributed by atoms with van der Waals surface area (Å²) in [5.74, 6) is 0. The van der Waals surface area contributed by atoms with E-state index in [1.807, 2.05) is 0 Å². The summed E-state index contributed by atoms with van der Waals surface area (Å²) >= 11 is 0. The van der Waals surface area contributed by atoms with Gasteiger partial charge in [-0.1, -0.05) is 0 Å². The van der Waals surface area contributed by atoms with Crippen LogP contribution in [0.4, 0.5) is 0 Å². The highest BCUT2D eigenvalue weighted by Crippen LogP contribution is 1.89. The van der Waals surface area contributed by atoms with Gasteiger partial charge in [0, 0.05) is 13.1 Å². The maximum atomic E-state index is 5.10. The lowest BCUT2D eigenvalue weighted by atomic mass is 10.5. The van der Waals surface area contributed by atoms with Crippen molar-refractivity contribution in [1.29, 1.82) is 0 Å². The predicted octanol–water partition coefficient (Wildman–Crippen LogP) is 0.566. The molecule has 8 heavy (non-hydrogen) atoms. The summed E-state index contributed by atoms with van der Waals surface area (Å²) in [7, 11) is 2.11. The first-order chi connectivity index (χ1) is 3.39. The third kappa shape index (κ3) is 2.84. The van der Waals surface area contributed by atoms with Crippen LogP contribution in [0.2, 0.25) is 0 Å². The number of ether oxygens (including phenoxy) is 1. The number of morpholine rings is 1. The van der Waals surface area contributed by atoms with Gasteiger partial charge in [-0.25, -0.2) is 0 Å². The molecule has 0 aromatic rings. The summed E-state index contributed by atoms with van der Waals surface area (Å²) in [4.78, 5) is 2.27. The van der Waals surface area contributed by atoms with Crippen LogP contribution in [0.15, 0.2) is 0 Å². The van der Waals surface area contributed by atoms with Crippen molar-refractivity contribution in [2.45, 2.75) is 0 Å². The van der Waals surface area contributed by atoms with Crippen molar-refractivity contribution in [3.63, 3.8) is 0 Å². The fourth-order valence-corrected chi connectivity index (χ4v) is 0.655. The highest BCUT2D eigenvalue weighted by molar-refractivity contribution is 14.0.